The highest BCUT2D eigenvalue weighted by Gasteiger charge is 2.06. The molecule has 0 N–H and O–H groups in total. The smallest absolute Gasteiger partial charge is 0.338 e. The van der Waals surface area contributed by atoms with Gasteiger partial charge in [-0.25, -0.2) is 4.79 Å². The molecule has 1 aromatic carbocycles. The zero-order chi connectivity index (χ0) is 13.4. The van der Waals surface area contributed by atoms with Gasteiger partial charge in [-0.05, 0) is 31.0 Å². The van der Waals surface area contributed by atoms with Crippen molar-refractivity contribution in [3.63, 3.8) is 0 Å². The summed E-state index contributed by atoms with van der Waals surface area (Å²) in [7, 11) is 0. The van der Waals surface area contributed by atoms with Gasteiger partial charge < -0.3 is 4.74 Å². The molecular weight excluding hydrogens is 292 g/mol. The zero-order valence-electron chi connectivity index (χ0n) is 10.9. The van der Waals surface area contributed by atoms with Crippen LogP contribution in [0, 0.1) is 0 Å². The van der Waals surface area contributed by atoms with Gasteiger partial charge in [0, 0.05) is 4.48 Å². The lowest BCUT2D eigenvalue weighted by atomic mass is 10.1. The topological polar surface area (TPSA) is 26.3 Å². The maximum Gasteiger partial charge on any atom is 0.338 e. The highest BCUT2D eigenvalue weighted by atomic mass is 79.9. The summed E-state index contributed by atoms with van der Waals surface area (Å²) in [6.07, 6.45) is 5.62. The summed E-state index contributed by atoms with van der Waals surface area (Å²) in [6.45, 7) is 4.39. The molecular formula is C15H19BrO2. The van der Waals surface area contributed by atoms with E-state index in [0.29, 0.717) is 12.2 Å². The van der Waals surface area contributed by atoms with Gasteiger partial charge in [-0.2, -0.15) is 0 Å². The van der Waals surface area contributed by atoms with Gasteiger partial charge >= 0.3 is 5.97 Å². The van der Waals surface area contributed by atoms with E-state index in [4.69, 9.17) is 4.74 Å². The van der Waals surface area contributed by atoms with E-state index < -0.39 is 0 Å². The predicted molar refractivity (Wildman–Crippen MR) is 78.8 cm³/mol. The van der Waals surface area contributed by atoms with Crippen LogP contribution in [0.5, 0.6) is 0 Å². The molecule has 98 valence electrons. The van der Waals surface area contributed by atoms with Crippen molar-refractivity contribution in [3.05, 3.63) is 41.5 Å². The lowest BCUT2D eigenvalue weighted by molar-refractivity contribution is 0.0526. The third-order valence-corrected chi connectivity index (χ3v) is 3.33. The number of benzene rings is 1. The van der Waals surface area contributed by atoms with Crippen LogP contribution in [-0.2, 0) is 4.74 Å². The summed E-state index contributed by atoms with van der Waals surface area (Å²) in [5.41, 5.74) is 1.67. The maximum atomic E-state index is 11.5. The van der Waals surface area contributed by atoms with Crippen molar-refractivity contribution in [1.82, 2.24) is 0 Å². The zero-order valence-corrected chi connectivity index (χ0v) is 12.5. The van der Waals surface area contributed by atoms with Crippen LogP contribution in [0.2, 0.25) is 0 Å². The van der Waals surface area contributed by atoms with E-state index in [1.54, 1.807) is 19.1 Å². The minimum absolute atomic E-state index is 0.268. The van der Waals surface area contributed by atoms with Crippen molar-refractivity contribution in [2.24, 2.45) is 0 Å². The molecule has 0 radical (unpaired) electrons. The molecule has 0 saturated heterocycles. The first kappa shape index (κ1) is 15.0. The van der Waals surface area contributed by atoms with Crippen molar-refractivity contribution in [2.75, 3.05) is 6.61 Å². The maximum absolute atomic E-state index is 11.5. The average molecular weight is 311 g/mol. The molecule has 0 atom stereocenters. The Morgan fingerprint density at radius 2 is 1.83 bits per heavy atom. The molecule has 18 heavy (non-hydrogen) atoms. The normalized spacial score (nSPS) is 11.4. The van der Waals surface area contributed by atoms with Crippen molar-refractivity contribution >= 4 is 26.4 Å². The average Bonchev–Trinajstić information content (AvgIpc) is 2.39. The predicted octanol–water partition coefficient (Wildman–Crippen LogP) is 4.79. The van der Waals surface area contributed by atoms with Gasteiger partial charge in [-0.3, -0.25) is 0 Å². The summed E-state index contributed by atoms with van der Waals surface area (Å²) < 4.78 is 6.02. The molecule has 1 aromatic rings. The molecule has 2 nitrogen and oxygen atoms in total. The largest absolute Gasteiger partial charge is 0.462 e. The third-order valence-electron chi connectivity index (χ3n) is 2.55. The van der Waals surface area contributed by atoms with Gasteiger partial charge in [0.1, 0.15) is 0 Å². The van der Waals surface area contributed by atoms with Crippen molar-refractivity contribution in [1.29, 1.82) is 0 Å². The molecule has 0 unspecified atom stereocenters. The Kier molecular flexibility index (Phi) is 6.73. The molecule has 0 aromatic heterocycles. The number of ether oxygens (including phenoxy) is 1. The number of esters is 1. The molecule has 0 spiro atoms. The number of rotatable bonds is 6. The molecule has 0 saturated carbocycles. The van der Waals surface area contributed by atoms with E-state index >= 15 is 0 Å². The molecule has 0 heterocycles. The first-order valence-corrected chi connectivity index (χ1v) is 7.11. The molecule has 1 rings (SSSR count). The summed E-state index contributed by atoms with van der Waals surface area (Å²) in [5.74, 6) is -0.268. The van der Waals surface area contributed by atoms with Crippen molar-refractivity contribution in [3.8, 4) is 0 Å². The second-order valence-corrected chi connectivity index (χ2v) is 4.85. The molecule has 0 amide bonds. The van der Waals surface area contributed by atoms with Crippen molar-refractivity contribution < 1.29 is 9.53 Å². The molecule has 0 aliphatic heterocycles. The Labute approximate surface area is 117 Å². The second kappa shape index (κ2) is 8.09. The first-order chi connectivity index (χ1) is 8.69. The molecule has 0 bridgehead atoms. The van der Waals surface area contributed by atoms with Crippen LogP contribution in [0.1, 0.15) is 49.0 Å². The fourth-order valence-electron chi connectivity index (χ4n) is 1.53. The number of halogens is 1. The third kappa shape index (κ3) is 4.65. The van der Waals surface area contributed by atoms with Gasteiger partial charge in [0.25, 0.3) is 0 Å². The highest BCUT2D eigenvalue weighted by molar-refractivity contribution is 9.15. The van der Waals surface area contributed by atoms with E-state index in [2.05, 4.69) is 28.9 Å². The Morgan fingerprint density at radius 1 is 1.22 bits per heavy atom. The summed E-state index contributed by atoms with van der Waals surface area (Å²) in [6, 6.07) is 7.45. The quantitative estimate of drug-likeness (QED) is 0.558. The lowest BCUT2D eigenvalue weighted by Crippen LogP contribution is -2.04. The highest BCUT2D eigenvalue weighted by Crippen LogP contribution is 2.22. The summed E-state index contributed by atoms with van der Waals surface area (Å²) in [5, 5.41) is 0. The van der Waals surface area contributed by atoms with E-state index in [1.807, 2.05) is 12.1 Å². The van der Waals surface area contributed by atoms with E-state index in [1.165, 1.54) is 12.8 Å². The SMILES string of the molecule is CCCC/C=C(\Br)c1ccc(C(=O)OCC)cc1. The van der Waals surface area contributed by atoms with E-state index in [0.717, 1.165) is 16.5 Å². The van der Waals surface area contributed by atoms with Gasteiger partial charge in [0.15, 0.2) is 0 Å². The minimum Gasteiger partial charge on any atom is -0.462 e. The van der Waals surface area contributed by atoms with Gasteiger partial charge in [-0.1, -0.05) is 53.9 Å². The fraction of sp³-hybridized carbons (Fsp3) is 0.400. The first-order valence-electron chi connectivity index (χ1n) is 6.32. The van der Waals surface area contributed by atoms with Gasteiger partial charge in [0.05, 0.1) is 12.2 Å². The van der Waals surface area contributed by atoms with Gasteiger partial charge in [0.2, 0.25) is 0 Å². The summed E-state index contributed by atoms with van der Waals surface area (Å²) in [4.78, 5) is 11.5. The van der Waals surface area contributed by atoms with Crippen LogP contribution in [0.3, 0.4) is 0 Å². The number of allylic oxidation sites excluding steroid dienone is 1. The van der Waals surface area contributed by atoms with Gasteiger partial charge in [-0.15, -0.1) is 0 Å². The fourth-order valence-corrected chi connectivity index (χ4v) is 2.02. The Bertz CT molecular complexity index is 407. The molecule has 3 heteroatoms. The molecule has 0 aliphatic rings. The number of carbonyl (C=O) groups is 1. The number of unbranched alkanes of at least 4 members (excludes halogenated alkanes) is 2. The monoisotopic (exact) mass is 310 g/mol. The van der Waals surface area contributed by atoms with Crippen LogP contribution >= 0.6 is 15.9 Å². The standard InChI is InChI=1S/C15H19BrO2/c1-3-5-6-7-14(16)12-8-10-13(11-9-12)15(17)18-4-2/h7-11H,3-6H2,1-2H3/b14-7-. The Balaban J connectivity index is 2.70. The van der Waals surface area contributed by atoms with Crippen molar-refractivity contribution in [2.45, 2.75) is 33.1 Å². The second-order valence-electron chi connectivity index (χ2n) is 3.99. The van der Waals surface area contributed by atoms with Crippen LogP contribution in [-0.4, -0.2) is 12.6 Å². The number of carbonyl (C=O) groups excluding carboxylic acids is 1. The number of hydrogen-bond acceptors (Lipinski definition) is 2. The van der Waals surface area contributed by atoms with Crippen LogP contribution in [0.15, 0.2) is 30.3 Å². The Hall–Kier alpha value is -1.09. The molecule has 0 fully saturated rings. The lowest BCUT2D eigenvalue weighted by Gasteiger charge is -2.04. The van der Waals surface area contributed by atoms with Crippen LogP contribution in [0.4, 0.5) is 0 Å². The minimum atomic E-state index is -0.268. The number of hydrogen-bond donors (Lipinski definition) is 0. The summed E-state index contributed by atoms with van der Waals surface area (Å²) >= 11 is 3.55. The van der Waals surface area contributed by atoms with Crippen LogP contribution < -0.4 is 0 Å². The van der Waals surface area contributed by atoms with Crippen LogP contribution in [0.25, 0.3) is 4.48 Å². The Morgan fingerprint density at radius 3 is 2.39 bits per heavy atom. The van der Waals surface area contributed by atoms with E-state index in [-0.39, 0.29) is 5.97 Å². The molecule has 0 aliphatic carbocycles. The van der Waals surface area contributed by atoms with E-state index in [9.17, 15) is 4.79 Å².